The molecule has 2 fully saturated rings. The van der Waals surface area contributed by atoms with Crippen LogP contribution in [0.2, 0.25) is 0 Å². The smallest absolute Gasteiger partial charge is 0.239 e. The molecule has 1 spiro atoms. The Morgan fingerprint density at radius 1 is 1.42 bits per heavy atom. The summed E-state index contributed by atoms with van der Waals surface area (Å²) in [5.74, 6) is 0.249. The number of carbonyl (C=O) groups excluding carboxylic acids is 1. The summed E-state index contributed by atoms with van der Waals surface area (Å²) in [6.07, 6.45) is 4.30. The molecule has 24 heavy (non-hydrogen) atoms. The second-order valence-electron chi connectivity index (χ2n) is 7.65. The van der Waals surface area contributed by atoms with Crippen LogP contribution in [0.15, 0.2) is 6.07 Å². The molecule has 6 nitrogen and oxygen atoms in total. The molecule has 2 N–H and O–H groups in total. The minimum Gasteiger partial charge on any atom is -0.344 e. The Labute approximate surface area is 145 Å². The van der Waals surface area contributed by atoms with Crippen molar-refractivity contribution in [3.63, 3.8) is 0 Å². The average Bonchev–Trinajstić information content (AvgIpc) is 3.11. The van der Waals surface area contributed by atoms with E-state index in [1.54, 1.807) is 0 Å². The van der Waals surface area contributed by atoms with E-state index in [0.29, 0.717) is 5.41 Å². The van der Waals surface area contributed by atoms with Crippen molar-refractivity contribution in [3.05, 3.63) is 17.5 Å². The van der Waals surface area contributed by atoms with E-state index >= 15 is 0 Å². The maximum atomic E-state index is 12.7. The third-order valence-corrected chi connectivity index (χ3v) is 5.67. The lowest BCUT2D eigenvalue weighted by atomic mass is 9.77. The van der Waals surface area contributed by atoms with Crippen molar-refractivity contribution in [3.8, 4) is 0 Å². The number of likely N-dealkylation sites (N-methyl/N-ethyl adjacent to an activating group) is 1. The topological polar surface area (TPSA) is 62.2 Å². The van der Waals surface area contributed by atoms with E-state index in [2.05, 4.69) is 28.7 Å². The molecule has 0 radical (unpaired) electrons. The van der Waals surface area contributed by atoms with Gasteiger partial charge in [-0.3, -0.25) is 9.48 Å². The highest BCUT2D eigenvalue weighted by molar-refractivity contribution is 5.82. The molecule has 2 aliphatic heterocycles. The quantitative estimate of drug-likeness (QED) is 0.846. The van der Waals surface area contributed by atoms with Gasteiger partial charge in [-0.1, -0.05) is 0 Å². The molecule has 1 amide bonds. The van der Waals surface area contributed by atoms with Gasteiger partial charge < -0.3 is 15.5 Å². The van der Waals surface area contributed by atoms with Crippen molar-refractivity contribution >= 4 is 5.91 Å². The molecule has 3 rings (SSSR count). The molecule has 2 aliphatic rings. The molecule has 3 heterocycles. The van der Waals surface area contributed by atoms with Crippen LogP contribution in [0.25, 0.3) is 0 Å². The number of rotatable bonds is 5. The van der Waals surface area contributed by atoms with Gasteiger partial charge in [0.05, 0.1) is 11.7 Å². The minimum atomic E-state index is 0.00165. The van der Waals surface area contributed by atoms with Crippen molar-refractivity contribution in [2.45, 2.75) is 52.1 Å². The first-order chi connectivity index (χ1) is 11.5. The first-order valence-corrected chi connectivity index (χ1v) is 9.19. The van der Waals surface area contributed by atoms with Crippen molar-refractivity contribution in [2.75, 3.05) is 33.2 Å². The summed E-state index contributed by atoms with van der Waals surface area (Å²) in [5, 5.41) is 11.4. The van der Waals surface area contributed by atoms with Crippen molar-refractivity contribution < 1.29 is 4.79 Å². The van der Waals surface area contributed by atoms with Gasteiger partial charge in [0.25, 0.3) is 0 Å². The van der Waals surface area contributed by atoms with Crippen LogP contribution in [-0.2, 0) is 11.3 Å². The summed E-state index contributed by atoms with van der Waals surface area (Å²) in [5.41, 5.74) is 2.59. The Balaban J connectivity index is 1.46. The minimum absolute atomic E-state index is 0.00165. The van der Waals surface area contributed by atoms with Gasteiger partial charge in [0.15, 0.2) is 0 Å². The van der Waals surface area contributed by atoms with E-state index in [9.17, 15) is 4.79 Å². The number of hydrogen-bond acceptors (Lipinski definition) is 4. The second kappa shape index (κ2) is 7.23. The van der Waals surface area contributed by atoms with Crippen molar-refractivity contribution in [1.29, 1.82) is 0 Å². The summed E-state index contributed by atoms with van der Waals surface area (Å²) in [6, 6.07) is 2.09. The van der Waals surface area contributed by atoms with Crippen LogP contribution >= 0.6 is 0 Å². The third-order valence-electron chi connectivity index (χ3n) is 5.67. The predicted molar refractivity (Wildman–Crippen MR) is 94.9 cm³/mol. The lowest BCUT2D eigenvalue weighted by Crippen LogP contribution is -2.42. The van der Waals surface area contributed by atoms with Gasteiger partial charge in [0.2, 0.25) is 5.91 Å². The van der Waals surface area contributed by atoms with Crippen LogP contribution in [0.4, 0.5) is 0 Å². The number of nitrogens with zero attached hydrogens (tertiary/aromatic N) is 3. The molecule has 0 bridgehead atoms. The van der Waals surface area contributed by atoms with Crippen LogP contribution in [-0.4, -0.2) is 59.9 Å². The molecule has 0 saturated carbocycles. The Morgan fingerprint density at radius 2 is 2.17 bits per heavy atom. The Kier molecular flexibility index (Phi) is 5.25. The number of carbonyl (C=O) groups is 1. The summed E-state index contributed by atoms with van der Waals surface area (Å²) >= 11 is 0. The van der Waals surface area contributed by atoms with E-state index in [4.69, 9.17) is 0 Å². The fourth-order valence-electron chi connectivity index (χ4n) is 4.16. The standard InChI is InChI=1S/C18H31N5O/c1-14-11-15(2)23(21-14)10-4-9-22(3)17(24)16-12-18(13-20-16)5-7-19-8-6-18/h11,16,19-20H,4-10,12-13H2,1-3H3/t16-/m1/s1. The van der Waals surface area contributed by atoms with Gasteiger partial charge in [0, 0.05) is 32.4 Å². The highest BCUT2D eigenvalue weighted by atomic mass is 16.2. The predicted octanol–water partition coefficient (Wildman–Crippen LogP) is 1.08. The van der Waals surface area contributed by atoms with E-state index in [0.717, 1.165) is 51.3 Å². The maximum Gasteiger partial charge on any atom is 0.239 e. The monoisotopic (exact) mass is 333 g/mol. The van der Waals surface area contributed by atoms with E-state index in [1.165, 1.54) is 18.5 Å². The molecule has 1 aromatic heterocycles. The Morgan fingerprint density at radius 3 is 2.83 bits per heavy atom. The molecular formula is C18H31N5O. The molecule has 2 saturated heterocycles. The van der Waals surface area contributed by atoms with Crippen LogP contribution in [0, 0.1) is 19.3 Å². The molecule has 6 heteroatoms. The lowest BCUT2D eigenvalue weighted by molar-refractivity contribution is -0.132. The zero-order valence-corrected chi connectivity index (χ0v) is 15.3. The molecule has 134 valence electrons. The van der Waals surface area contributed by atoms with Gasteiger partial charge in [0.1, 0.15) is 0 Å². The van der Waals surface area contributed by atoms with Gasteiger partial charge in [-0.2, -0.15) is 5.10 Å². The van der Waals surface area contributed by atoms with Crippen molar-refractivity contribution in [1.82, 2.24) is 25.3 Å². The molecule has 0 aliphatic carbocycles. The summed E-state index contributed by atoms with van der Waals surface area (Å²) in [4.78, 5) is 14.6. The lowest BCUT2D eigenvalue weighted by Gasteiger charge is -2.33. The number of nitrogens with one attached hydrogen (secondary N) is 2. The fourth-order valence-corrected chi connectivity index (χ4v) is 4.16. The van der Waals surface area contributed by atoms with Gasteiger partial charge in [-0.15, -0.1) is 0 Å². The number of piperidine rings is 1. The SMILES string of the molecule is Cc1cc(C)n(CCCN(C)C(=O)[C@H]2CC3(CCNCC3)CN2)n1. The van der Waals surface area contributed by atoms with Crippen LogP contribution < -0.4 is 10.6 Å². The van der Waals surface area contributed by atoms with Gasteiger partial charge in [-0.05, 0) is 64.1 Å². The maximum absolute atomic E-state index is 12.7. The second-order valence-corrected chi connectivity index (χ2v) is 7.65. The van der Waals surface area contributed by atoms with Crippen LogP contribution in [0.5, 0.6) is 0 Å². The largest absolute Gasteiger partial charge is 0.344 e. The molecule has 0 unspecified atom stereocenters. The van der Waals surface area contributed by atoms with Crippen LogP contribution in [0.3, 0.4) is 0 Å². The number of hydrogen-bond donors (Lipinski definition) is 2. The van der Waals surface area contributed by atoms with Gasteiger partial charge >= 0.3 is 0 Å². The fraction of sp³-hybridized carbons (Fsp3) is 0.778. The van der Waals surface area contributed by atoms with Crippen LogP contribution in [0.1, 0.15) is 37.1 Å². The molecule has 1 aromatic rings. The third kappa shape index (κ3) is 3.81. The highest BCUT2D eigenvalue weighted by Crippen LogP contribution is 2.37. The highest BCUT2D eigenvalue weighted by Gasteiger charge is 2.42. The molecule has 0 aromatic carbocycles. The summed E-state index contributed by atoms with van der Waals surface area (Å²) in [6.45, 7) is 8.90. The zero-order chi connectivity index (χ0) is 17.2. The first kappa shape index (κ1) is 17.4. The summed E-state index contributed by atoms with van der Waals surface area (Å²) in [7, 11) is 1.93. The number of amides is 1. The van der Waals surface area contributed by atoms with E-state index in [-0.39, 0.29) is 11.9 Å². The van der Waals surface area contributed by atoms with Crippen molar-refractivity contribution in [2.24, 2.45) is 5.41 Å². The number of aromatic nitrogens is 2. The molecule has 1 atom stereocenters. The first-order valence-electron chi connectivity index (χ1n) is 9.19. The average molecular weight is 333 g/mol. The Bertz CT molecular complexity index is 576. The zero-order valence-electron chi connectivity index (χ0n) is 15.3. The number of aryl methyl sites for hydroxylation is 3. The summed E-state index contributed by atoms with van der Waals surface area (Å²) < 4.78 is 2.03. The van der Waals surface area contributed by atoms with E-state index in [1.807, 2.05) is 23.6 Å². The Hall–Kier alpha value is -1.40. The van der Waals surface area contributed by atoms with Gasteiger partial charge in [-0.25, -0.2) is 0 Å². The molecular weight excluding hydrogens is 302 g/mol. The normalized spacial score (nSPS) is 22.9. The van der Waals surface area contributed by atoms with E-state index < -0.39 is 0 Å².